The summed E-state index contributed by atoms with van der Waals surface area (Å²) in [6, 6.07) is 14.5. The molecule has 0 amide bonds. The third-order valence-electron chi connectivity index (χ3n) is 2.39. The summed E-state index contributed by atoms with van der Waals surface area (Å²) in [4.78, 5) is 0. The molecule has 0 radical (unpaired) electrons. The molecule has 0 saturated heterocycles. The lowest BCUT2D eigenvalue weighted by Crippen LogP contribution is -1.67. The molecule has 0 atom stereocenters. The van der Waals surface area contributed by atoms with Gasteiger partial charge in [-0.3, -0.25) is 0 Å². The molecule has 0 unspecified atom stereocenters. The number of benzene rings is 1. The largest absolute Gasteiger partial charge is 0.158 e. The minimum Gasteiger partial charge on any atom is -0.158 e. The van der Waals surface area contributed by atoms with Crippen LogP contribution in [0.3, 0.4) is 0 Å². The van der Waals surface area contributed by atoms with E-state index in [1.807, 2.05) is 18.2 Å². The van der Waals surface area contributed by atoms with Gasteiger partial charge in [0, 0.05) is 5.56 Å². The Balaban J connectivity index is 0.000000853. The highest BCUT2D eigenvalue weighted by atomic mass is 35.5. The highest BCUT2D eigenvalue weighted by Crippen LogP contribution is 2.22. The molecule has 1 aromatic rings. The predicted octanol–water partition coefficient (Wildman–Crippen LogP) is 3.16. The summed E-state index contributed by atoms with van der Waals surface area (Å²) >= 11 is 0. The average Bonchev–Trinajstić information content (AvgIpc) is 2.58. The molecule has 74 valence electrons. The van der Waals surface area contributed by atoms with Crippen molar-refractivity contribution in [2.45, 2.75) is 0 Å². The maximum atomic E-state index is 4.03. The molecule has 1 heterocycles. The smallest absolute Gasteiger partial charge is 0.0945 e. The number of hydrogen-bond acceptors (Lipinski definition) is 2. The van der Waals surface area contributed by atoms with Crippen molar-refractivity contribution in [1.82, 2.24) is 10.2 Å². The van der Waals surface area contributed by atoms with Gasteiger partial charge in [0.2, 0.25) is 0 Å². The molecule has 1 aliphatic carbocycles. The summed E-state index contributed by atoms with van der Waals surface area (Å²) in [5.74, 6) is 0. The molecule has 15 heavy (non-hydrogen) atoms. The van der Waals surface area contributed by atoms with Gasteiger partial charge in [-0.05, 0) is 22.9 Å². The maximum absolute atomic E-state index is 4.03. The van der Waals surface area contributed by atoms with E-state index in [4.69, 9.17) is 0 Å². The van der Waals surface area contributed by atoms with Gasteiger partial charge < -0.3 is 0 Å². The Hall–Kier alpha value is -1.67. The van der Waals surface area contributed by atoms with Crippen molar-refractivity contribution in [3.05, 3.63) is 48.7 Å². The highest BCUT2D eigenvalue weighted by molar-refractivity contribution is 5.86. The molecule has 2 aliphatic rings. The third-order valence-corrected chi connectivity index (χ3v) is 2.39. The fourth-order valence-corrected chi connectivity index (χ4v) is 1.65. The Morgan fingerprint density at radius 2 is 1.67 bits per heavy atom. The van der Waals surface area contributed by atoms with Crippen molar-refractivity contribution in [3.8, 4) is 11.3 Å². The van der Waals surface area contributed by atoms with Gasteiger partial charge in [0.25, 0.3) is 0 Å². The van der Waals surface area contributed by atoms with Crippen molar-refractivity contribution < 1.29 is 0 Å². The fraction of sp³-hybridized carbons (Fsp3) is 0. The molecular weight excluding hydrogens is 208 g/mol. The van der Waals surface area contributed by atoms with Gasteiger partial charge >= 0.3 is 0 Å². The molecular formula is C12H9ClN2. The van der Waals surface area contributed by atoms with Crippen molar-refractivity contribution in [1.29, 1.82) is 0 Å². The van der Waals surface area contributed by atoms with Gasteiger partial charge in [0.15, 0.2) is 0 Å². The molecule has 2 nitrogen and oxygen atoms in total. The monoisotopic (exact) mass is 216 g/mol. The Kier molecular flexibility index (Phi) is 2.52. The SMILES string of the molecule is Cl.c1ccc2cc3cnnc-3ccc2c1. The van der Waals surface area contributed by atoms with Crippen LogP contribution in [0.25, 0.3) is 22.0 Å². The second-order valence-corrected chi connectivity index (χ2v) is 3.29. The van der Waals surface area contributed by atoms with E-state index in [-0.39, 0.29) is 12.4 Å². The first-order valence-electron chi connectivity index (χ1n) is 4.54. The number of hydrogen-bond donors (Lipinski definition) is 0. The van der Waals surface area contributed by atoms with E-state index in [1.54, 1.807) is 6.20 Å². The predicted molar refractivity (Wildman–Crippen MR) is 63.4 cm³/mol. The van der Waals surface area contributed by atoms with E-state index in [0.717, 1.165) is 11.3 Å². The molecule has 3 heteroatoms. The molecule has 0 N–H and O–H groups in total. The van der Waals surface area contributed by atoms with E-state index in [9.17, 15) is 0 Å². The van der Waals surface area contributed by atoms with E-state index in [1.165, 1.54) is 10.8 Å². The number of nitrogens with zero attached hydrogens (tertiary/aromatic N) is 2. The van der Waals surface area contributed by atoms with Gasteiger partial charge in [-0.25, -0.2) is 0 Å². The van der Waals surface area contributed by atoms with Crippen LogP contribution in [0.1, 0.15) is 0 Å². The van der Waals surface area contributed by atoms with Crippen LogP contribution in [0.4, 0.5) is 0 Å². The first kappa shape index (κ1) is 9.87. The molecule has 0 aromatic heterocycles. The Labute approximate surface area is 93.7 Å². The van der Waals surface area contributed by atoms with Crippen LogP contribution < -0.4 is 0 Å². The van der Waals surface area contributed by atoms with Crippen LogP contribution in [-0.2, 0) is 0 Å². The minimum absolute atomic E-state index is 0. The molecule has 0 saturated carbocycles. The van der Waals surface area contributed by atoms with Gasteiger partial charge in [0.1, 0.15) is 0 Å². The van der Waals surface area contributed by atoms with Gasteiger partial charge in [-0.1, -0.05) is 30.3 Å². The highest BCUT2D eigenvalue weighted by Gasteiger charge is 2.02. The van der Waals surface area contributed by atoms with E-state index < -0.39 is 0 Å². The Bertz CT molecular complexity index is 565. The van der Waals surface area contributed by atoms with Crippen LogP contribution >= 0.6 is 12.4 Å². The standard InChI is InChI=1S/C12H8N2.ClH/c1-2-4-10-7-11-8-13-14-12(11)6-5-9(10)3-1;/h1-8H;1H. The van der Waals surface area contributed by atoms with Crippen molar-refractivity contribution in [3.63, 3.8) is 0 Å². The molecule has 1 aliphatic heterocycles. The molecule has 0 fully saturated rings. The zero-order valence-electron chi connectivity index (χ0n) is 7.92. The molecule has 3 rings (SSSR count). The van der Waals surface area contributed by atoms with Crippen LogP contribution in [0, 0.1) is 0 Å². The molecule has 1 aromatic carbocycles. The summed E-state index contributed by atoms with van der Waals surface area (Å²) in [5, 5.41) is 10.4. The summed E-state index contributed by atoms with van der Waals surface area (Å²) < 4.78 is 0. The zero-order valence-corrected chi connectivity index (χ0v) is 8.74. The van der Waals surface area contributed by atoms with E-state index >= 15 is 0 Å². The first-order chi connectivity index (χ1) is 6.93. The molecule has 0 bridgehead atoms. The lowest BCUT2D eigenvalue weighted by Gasteiger charge is -1.89. The van der Waals surface area contributed by atoms with Crippen molar-refractivity contribution in [2.24, 2.45) is 0 Å². The lowest BCUT2D eigenvalue weighted by atomic mass is 10.2. The first-order valence-corrected chi connectivity index (χ1v) is 4.54. The summed E-state index contributed by atoms with van der Waals surface area (Å²) in [6.45, 7) is 0. The van der Waals surface area contributed by atoms with E-state index in [2.05, 4.69) is 34.5 Å². The van der Waals surface area contributed by atoms with Crippen molar-refractivity contribution in [2.75, 3.05) is 0 Å². The average molecular weight is 217 g/mol. The zero-order chi connectivity index (χ0) is 9.38. The Morgan fingerprint density at radius 1 is 0.867 bits per heavy atom. The number of rotatable bonds is 0. The summed E-state index contributed by atoms with van der Waals surface area (Å²) in [5.41, 5.74) is 2.03. The number of aromatic nitrogens is 2. The van der Waals surface area contributed by atoms with E-state index in [0.29, 0.717) is 0 Å². The maximum Gasteiger partial charge on any atom is 0.0945 e. The van der Waals surface area contributed by atoms with Gasteiger partial charge in [-0.15, -0.1) is 12.4 Å². The Morgan fingerprint density at radius 3 is 2.53 bits per heavy atom. The number of halogens is 1. The molecule has 0 spiro atoms. The lowest BCUT2D eigenvalue weighted by molar-refractivity contribution is 1.10. The normalized spacial score (nSPS) is 10.1. The van der Waals surface area contributed by atoms with Crippen LogP contribution in [0.15, 0.2) is 48.7 Å². The second-order valence-electron chi connectivity index (χ2n) is 3.29. The minimum atomic E-state index is 0. The summed E-state index contributed by atoms with van der Waals surface area (Å²) in [6.07, 6.45) is 1.79. The van der Waals surface area contributed by atoms with Gasteiger partial charge in [-0.2, -0.15) is 10.2 Å². The fourth-order valence-electron chi connectivity index (χ4n) is 1.65. The topological polar surface area (TPSA) is 25.8 Å². The van der Waals surface area contributed by atoms with Crippen molar-refractivity contribution >= 4 is 23.2 Å². The second kappa shape index (κ2) is 3.83. The van der Waals surface area contributed by atoms with Crippen LogP contribution in [0.5, 0.6) is 0 Å². The number of fused-ring (bicyclic) bond motifs is 2. The van der Waals surface area contributed by atoms with Crippen LogP contribution in [-0.4, -0.2) is 10.2 Å². The van der Waals surface area contributed by atoms with Crippen LogP contribution in [0.2, 0.25) is 0 Å². The van der Waals surface area contributed by atoms with Gasteiger partial charge in [0.05, 0.1) is 11.9 Å². The summed E-state index contributed by atoms with van der Waals surface area (Å²) in [7, 11) is 0. The quantitative estimate of drug-likeness (QED) is 0.577. The third kappa shape index (κ3) is 1.64.